The summed E-state index contributed by atoms with van der Waals surface area (Å²) in [5.74, 6) is 1.18. The van der Waals surface area contributed by atoms with Gasteiger partial charge in [0.1, 0.15) is 10.8 Å². The van der Waals surface area contributed by atoms with Gasteiger partial charge < -0.3 is 9.47 Å². The lowest BCUT2D eigenvalue weighted by Gasteiger charge is -2.17. The Morgan fingerprint density at radius 3 is 2.55 bits per heavy atom. The summed E-state index contributed by atoms with van der Waals surface area (Å²) in [5.41, 5.74) is 4.18. The number of fused-ring (bicyclic) bond motifs is 2. The molecule has 0 spiro atoms. The zero-order valence-electron chi connectivity index (χ0n) is 18.6. The first-order valence-electron chi connectivity index (χ1n) is 10.1. The minimum Gasteiger partial charge on any atom is -0.494 e. The molecule has 0 aliphatic rings. The van der Waals surface area contributed by atoms with Gasteiger partial charge >= 0.3 is 0 Å². The van der Waals surface area contributed by atoms with Crippen LogP contribution in [0.25, 0.3) is 31.8 Å². The molecule has 0 N–H and O–H groups in total. The molecule has 0 aliphatic heterocycles. The van der Waals surface area contributed by atoms with Gasteiger partial charge in [-0.2, -0.15) is 0 Å². The Morgan fingerprint density at radius 1 is 1.10 bits per heavy atom. The molecule has 4 rings (SSSR count). The van der Waals surface area contributed by atoms with Gasteiger partial charge in [-0.3, -0.25) is 4.79 Å². The van der Waals surface area contributed by atoms with E-state index in [0.29, 0.717) is 29.3 Å². The molecule has 2 aromatic heterocycles. The Morgan fingerprint density at radius 2 is 1.87 bits per heavy atom. The molecule has 0 fully saturated rings. The number of aromatic nitrogens is 3. The van der Waals surface area contributed by atoms with E-state index in [0.717, 1.165) is 31.9 Å². The molecule has 0 bridgehead atoms. The number of hydrogen-bond donors (Lipinski definition) is 0. The van der Waals surface area contributed by atoms with Crippen LogP contribution < -0.4 is 9.47 Å². The Bertz CT molecular complexity index is 1310. The summed E-state index contributed by atoms with van der Waals surface area (Å²) in [6.07, 6.45) is 1.61. The van der Waals surface area contributed by atoms with Gasteiger partial charge in [-0.1, -0.05) is 20.8 Å². The third-order valence-electron chi connectivity index (χ3n) is 4.91. The van der Waals surface area contributed by atoms with Gasteiger partial charge in [0.05, 0.1) is 41.2 Å². The van der Waals surface area contributed by atoms with Crippen LogP contribution in [0.2, 0.25) is 0 Å². The highest BCUT2D eigenvalue weighted by Crippen LogP contribution is 2.39. The molecule has 160 valence electrons. The van der Waals surface area contributed by atoms with E-state index >= 15 is 0 Å². The lowest BCUT2D eigenvalue weighted by Crippen LogP contribution is -2.20. The summed E-state index contributed by atoms with van der Waals surface area (Å²) in [6, 6.07) is 7.79. The van der Waals surface area contributed by atoms with Crippen LogP contribution in [0.3, 0.4) is 0 Å². The molecule has 7 heteroatoms. The minimum atomic E-state index is -0.528. The van der Waals surface area contributed by atoms with E-state index in [1.165, 1.54) is 11.3 Å². The van der Waals surface area contributed by atoms with E-state index in [9.17, 15) is 4.79 Å². The van der Waals surface area contributed by atoms with E-state index in [1.54, 1.807) is 13.3 Å². The zero-order valence-corrected chi connectivity index (χ0v) is 19.4. The van der Waals surface area contributed by atoms with Crippen LogP contribution in [0, 0.1) is 12.3 Å². The van der Waals surface area contributed by atoms with Crippen molar-refractivity contribution in [3.8, 4) is 22.2 Å². The maximum Gasteiger partial charge on any atom is 0.232 e. The average molecular weight is 436 g/mol. The first-order chi connectivity index (χ1) is 14.7. The van der Waals surface area contributed by atoms with Crippen molar-refractivity contribution in [2.75, 3.05) is 13.7 Å². The van der Waals surface area contributed by atoms with Crippen LogP contribution in [0.1, 0.15) is 43.6 Å². The number of aryl methyl sites for hydroxylation is 1. The first-order valence-corrected chi connectivity index (χ1v) is 11.0. The van der Waals surface area contributed by atoms with Gasteiger partial charge in [-0.25, -0.2) is 15.0 Å². The van der Waals surface area contributed by atoms with Crippen molar-refractivity contribution in [2.45, 2.75) is 34.6 Å². The van der Waals surface area contributed by atoms with Crippen molar-refractivity contribution >= 4 is 38.4 Å². The standard InChI is InChI=1S/C24H25N3O3S/c1-7-30-14-10-15(22(28)24(3,4)5)21-18(11-14)31-23(27-21)16-8-13(2)9-17-20(16)25-12-19(26-17)29-6/h8-12H,7H2,1-6H3. The Balaban J connectivity index is 1.97. The normalized spacial score (nSPS) is 11.8. The summed E-state index contributed by atoms with van der Waals surface area (Å²) in [5, 5.41) is 0.791. The van der Waals surface area contributed by atoms with Crippen molar-refractivity contribution in [1.82, 2.24) is 15.0 Å². The van der Waals surface area contributed by atoms with Gasteiger partial charge in [0.25, 0.3) is 0 Å². The molecule has 0 aliphatic carbocycles. The van der Waals surface area contributed by atoms with E-state index in [2.05, 4.69) is 16.0 Å². The number of ketones is 1. The van der Waals surface area contributed by atoms with Crippen LogP contribution in [0.4, 0.5) is 0 Å². The molecule has 0 saturated carbocycles. The fourth-order valence-corrected chi connectivity index (χ4v) is 4.49. The van der Waals surface area contributed by atoms with Crippen LogP contribution in [-0.4, -0.2) is 34.5 Å². The smallest absolute Gasteiger partial charge is 0.232 e. The lowest BCUT2D eigenvalue weighted by atomic mass is 9.86. The fraction of sp³-hybridized carbons (Fsp3) is 0.333. The number of rotatable bonds is 5. The summed E-state index contributed by atoms with van der Waals surface area (Å²) in [7, 11) is 1.57. The van der Waals surface area contributed by atoms with Gasteiger partial charge in [0.2, 0.25) is 5.88 Å². The van der Waals surface area contributed by atoms with Gasteiger partial charge in [-0.15, -0.1) is 11.3 Å². The van der Waals surface area contributed by atoms with Gasteiger partial charge in [0, 0.05) is 16.5 Å². The maximum absolute atomic E-state index is 13.2. The van der Waals surface area contributed by atoms with E-state index in [1.807, 2.05) is 52.8 Å². The van der Waals surface area contributed by atoms with Crippen molar-refractivity contribution in [1.29, 1.82) is 0 Å². The number of thiazole rings is 1. The highest BCUT2D eigenvalue weighted by atomic mass is 32.1. The summed E-state index contributed by atoms with van der Waals surface area (Å²) < 4.78 is 11.9. The Labute approximate surface area is 185 Å². The molecular formula is C24H25N3O3S. The molecule has 31 heavy (non-hydrogen) atoms. The maximum atomic E-state index is 13.2. The number of carbonyl (C=O) groups is 1. The predicted molar refractivity (Wildman–Crippen MR) is 124 cm³/mol. The molecule has 0 amide bonds. The number of methoxy groups -OCH3 is 1. The van der Waals surface area contributed by atoms with E-state index < -0.39 is 5.41 Å². The lowest BCUT2D eigenvalue weighted by molar-refractivity contribution is 0.0859. The minimum absolute atomic E-state index is 0.0366. The number of hydrogen-bond acceptors (Lipinski definition) is 7. The molecule has 2 heterocycles. The molecule has 4 aromatic rings. The number of Topliss-reactive ketones (excluding diaryl/α,β-unsaturated/α-hetero) is 1. The topological polar surface area (TPSA) is 74.2 Å². The second kappa shape index (κ2) is 7.89. The van der Waals surface area contributed by atoms with Crippen molar-refractivity contribution in [2.24, 2.45) is 5.41 Å². The van der Waals surface area contributed by atoms with Crippen molar-refractivity contribution in [3.63, 3.8) is 0 Å². The molecule has 0 unspecified atom stereocenters. The molecule has 2 aromatic carbocycles. The summed E-state index contributed by atoms with van der Waals surface area (Å²) in [6.45, 7) is 10.2. The molecule has 0 radical (unpaired) electrons. The Hall–Kier alpha value is -3.06. The first kappa shape index (κ1) is 21.2. The number of carbonyl (C=O) groups excluding carboxylic acids is 1. The van der Waals surface area contributed by atoms with Crippen LogP contribution >= 0.6 is 11.3 Å². The van der Waals surface area contributed by atoms with Crippen LogP contribution in [0.15, 0.2) is 30.5 Å². The summed E-state index contributed by atoms with van der Waals surface area (Å²) >= 11 is 1.52. The van der Waals surface area contributed by atoms with Crippen molar-refractivity contribution in [3.05, 3.63) is 41.6 Å². The quantitative estimate of drug-likeness (QED) is 0.366. The van der Waals surface area contributed by atoms with Crippen LogP contribution in [-0.2, 0) is 0 Å². The van der Waals surface area contributed by atoms with Crippen LogP contribution in [0.5, 0.6) is 11.6 Å². The largest absolute Gasteiger partial charge is 0.494 e. The third kappa shape index (κ3) is 3.97. The fourth-order valence-electron chi connectivity index (χ4n) is 3.46. The molecular weight excluding hydrogens is 410 g/mol. The number of ether oxygens (including phenoxy) is 2. The van der Waals surface area contributed by atoms with Crippen molar-refractivity contribution < 1.29 is 14.3 Å². The molecule has 0 atom stereocenters. The van der Waals surface area contributed by atoms with Gasteiger partial charge in [-0.05, 0) is 43.7 Å². The number of benzene rings is 2. The summed E-state index contributed by atoms with van der Waals surface area (Å²) in [4.78, 5) is 27.2. The van der Waals surface area contributed by atoms with E-state index in [4.69, 9.17) is 14.5 Å². The highest BCUT2D eigenvalue weighted by molar-refractivity contribution is 7.21. The Kier molecular flexibility index (Phi) is 5.39. The predicted octanol–water partition coefficient (Wildman–Crippen LogP) is 5.85. The van der Waals surface area contributed by atoms with Gasteiger partial charge in [0.15, 0.2) is 5.78 Å². The molecule has 6 nitrogen and oxygen atoms in total. The second-order valence-corrected chi connectivity index (χ2v) is 9.47. The monoisotopic (exact) mass is 435 g/mol. The second-order valence-electron chi connectivity index (χ2n) is 8.44. The highest BCUT2D eigenvalue weighted by Gasteiger charge is 2.27. The molecule has 0 saturated heterocycles. The third-order valence-corrected chi connectivity index (χ3v) is 5.95. The average Bonchev–Trinajstić information content (AvgIpc) is 3.15. The number of nitrogens with zero attached hydrogens (tertiary/aromatic N) is 3. The SMILES string of the molecule is CCOc1cc(C(=O)C(C)(C)C)c2nc(-c3cc(C)cc4nc(OC)cnc34)sc2c1. The zero-order chi connectivity index (χ0) is 22.3. The van der Waals surface area contributed by atoms with E-state index in [-0.39, 0.29) is 5.78 Å².